The average Bonchev–Trinajstić information content (AvgIpc) is 3.00. The van der Waals surface area contributed by atoms with Crippen molar-refractivity contribution >= 4 is 35.1 Å². The van der Waals surface area contributed by atoms with Gasteiger partial charge in [-0.15, -0.1) is 0 Å². The van der Waals surface area contributed by atoms with Crippen molar-refractivity contribution in [2.45, 2.75) is 0 Å². The predicted molar refractivity (Wildman–Crippen MR) is 84.1 cm³/mol. The summed E-state index contributed by atoms with van der Waals surface area (Å²) >= 11 is 5.63. The molecule has 0 spiro atoms. The maximum atomic E-state index is 13.0. The van der Waals surface area contributed by atoms with Crippen LogP contribution in [-0.2, 0) is 14.3 Å². The van der Waals surface area contributed by atoms with Crippen LogP contribution >= 0.6 is 11.6 Å². The van der Waals surface area contributed by atoms with Gasteiger partial charge in [-0.1, -0.05) is 11.6 Å². The minimum absolute atomic E-state index is 0.0354. The Labute approximate surface area is 145 Å². The van der Waals surface area contributed by atoms with Gasteiger partial charge in [-0.25, -0.2) is 13.6 Å². The Morgan fingerprint density at radius 3 is 2.52 bits per heavy atom. The number of anilines is 1. The summed E-state index contributed by atoms with van der Waals surface area (Å²) in [5, 5.41) is 4.79. The first kappa shape index (κ1) is 18.4. The van der Waals surface area contributed by atoms with Crippen molar-refractivity contribution in [3.05, 3.63) is 52.8 Å². The van der Waals surface area contributed by atoms with Crippen molar-refractivity contribution in [2.75, 3.05) is 18.5 Å². The maximum absolute atomic E-state index is 13.0. The third-order valence-electron chi connectivity index (χ3n) is 2.85. The number of aromatic nitrogens is 1. The van der Waals surface area contributed by atoms with Gasteiger partial charge in [0.05, 0.1) is 11.6 Å². The summed E-state index contributed by atoms with van der Waals surface area (Å²) in [7, 11) is 0. The van der Waals surface area contributed by atoms with Crippen molar-refractivity contribution in [2.24, 2.45) is 0 Å². The van der Waals surface area contributed by atoms with Gasteiger partial charge in [0.25, 0.3) is 5.91 Å². The largest absolute Gasteiger partial charge is 0.451 e. The number of benzene rings is 1. The fourth-order valence-electron chi connectivity index (χ4n) is 1.70. The Hall–Kier alpha value is -2.94. The molecular formula is C15H12ClF2N3O4. The molecule has 0 saturated heterocycles. The molecule has 0 aliphatic rings. The zero-order chi connectivity index (χ0) is 18.4. The van der Waals surface area contributed by atoms with Crippen LogP contribution in [0.1, 0.15) is 10.5 Å². The number of halogens is 3. The number of rotatable bonds is 6. The van der Waals surface area contributed by atoms with E-state index in [1.54, 1.807) is 0 Å². The molecule has 25 heavy (non-hydrogen) atoms. The quantitative estimate of drug-likeness (QED) is 0.675. The summed E-state index contributed by atoms with van der Waals surface area (Å²) in [5.41, 5.74) is 0.113. The number of carbonyl (C=O) groups is 3. The maximum Gasteiger partial charge on any atom is 0.355 e. The van der Waals surface area contributed by atoms with E-state index >= 15 is 0 Å². The second kappa shape index (κ2) is 8.25. The van der Waals surface area contributed by atoms with Gasteiger partial charge in [0, 0.05) is 18.0 Å². The monoisotopic (exact) mass is 371 g/mol. The molecule has 0 fully saturated rings. The van der Waals surface area contributed by atoms with E-state index in [2.05, 4.69) is 15.6 Å². The Balaban J connectivity index is 1.72. The summed E-state index contributed by atoms with van der Waals surface area (Å²) in [6, 6.07) is 4.16. The number of hydrogen-bond donors (Lipinski definition) is 3. The third-order valence-corrected chi connectivity index (χ3v) is 3.07. The molecule has 0 bridgehead atoms. The van der Waals surface area contributed by atoms with Gasteiger partial charge < -0.3 is 20.4 Å². The van der Waals surface area contributed by atoms with E-state index in [1.807, 2.05) is 0 Å². The molecule has 7 nitrogen and oxygen atoms in total. The molecule has 1 heterocycles. The lowest BCUT2D eigenvalue weighted by molar-refractivity contribution is -0.126. The molecule has 0 radical (unpaired) electrons. The van der Waals surface area contributed by atoms with Crippen LogP contribution in [0.25, 0.3) is 0 Å². The first-order valence-electron chi connectivity index (χ1n) is 6.88. The van der Waals surface area contributed by atoms with Gasteiger partial charge >= 0.3 is 5.97 Å². The van der Waals surface area contributed by atoms with Crippen LogP contribution in [0.3, 0.4) is 0 Å². The van der Waals surface area contributed by atoms with E-state index in [9.17, 15) is 23.2 Å². The number of carbonyl (C=O) groups excluding carboxylic acids is 3. The summed E-state index contributed by atoms with van der Waals surface area (Å²) in [4.78, 5) is 37.3. The van der Waals surface area contributed by atoms with Crippen molar-refractivity contribution in [3.8, 4) is 0 Å². The molecular weight excluding hydrogens is 360 g/mol. The SMILES string of the molecule is O=C(COC(=O)c1cc(Cl)c[nH]1)NCC(=O)Nc1ccc(F)c(F)c1. The molecule has 0 unspecified atom stereocenters. The molecule has 2 aromatic rings. The van der Waals surface area contributed by atoms with E-state index in [-0.39, 0.29) is 11.4 Å². The van der Waals surface area contributed by atoms with Crippen LogP contribution < -0.4 is 10.6 Å². The van der Waals surface area contributed by atoms with E-state index in [0.717, 1.165) is 12.1 Å². The minimum atomic E-state index is -1.11. The Morgan fingerprint density at radius 2 is 1.88 bits per heavy atom. The first-order valence-corrected chi connectivity index (χ1v) is 7.25. The highest BCUT2D eigenvalue weighted by Gasteiger charge is 2.13. The third kappa shape index (κ3) is 5.57. The fraction of sp³-hybridized carbons (Fsp3) is 0.133. The summed E-state index contributed by atoms with van der Waals surface area (Å²) < 4.78 is 30.5. The second-order valence-corrected chi connectivity index (χ2v) is 5.20. The highest BCUT2D eigenvalue weighted by Crippen LogP contribution is 2.12. The van der Waals surface area contributed by atoms with Crippen LogP contribution in [0.4, 0.5) is 14.5 Å². The van der Waals surface area contributed by atoms with E-state index in [4.69, 9.17) is 16.3 Å². The zero-order valence-corrected chi connectivity index (χ0v) is 13.3. The lowest BCUT2D eigenvalue weighted by atomic mass is 10.3. The Morgan fingerprint density at radius 1 is 1.12 bits per heavy atom. The lowest BCUT2D eigenvalue weighted by Gasteiger charge is -2.07. The normalized spacial score (nSPS) is 10.2. The van der Waals surface area contributed by atoms with Crippen molar-refractivity contribution in [1.82, 2.24) is 10.3 Å². The van der Waals surface area contributed by atoms with Gasteiger partial charge in [-0.05, 0) is 18.2 Å². The first-order chi connectivity index (χ1) is 11.8. The number of esters is 1. The molecule has 10 heteroatoms. The molecule has 1 aromatic heterocycles. The van der Waals surface area contributed by atoms with Crippen LogP contribution in [-0.4, -0.2) is 35.9 Å². The standard InChI is InChI=1S/C15H12ClF2N3O4/c16-8-3-12(19-5-8)15(24)25-7-14(23)20-6-13(22)21-9-1-2-10(17)11(18)4-9/h1-5,19H,6-7H2,(H,20,23)(H,21,22). The lowest BCUT2D eigenvalue weighted by Crippen LogP contribution is -2.35. The van der Waals surface area contributed by atoms with Gasteiger partial charge in [0.2, 0.25) is 5.91 Å². The van der Waals surface area contributed by atoms with Gasteiger partial charge in [0.1, 0.15) is 5.69 Å². The van der Waals surface area contributed by atoms with Crippen LogP contribution in [0.2, 0.25) is 5.02 Å². The van der Waals surface area contributed by atoms with Crippen LogP contribution in [0.5, 0.6) is 0 Å². The average molecular weight is 372 g/mol. The zero-order valence-electron chi connectivity index (χ0n) is 12.6. The van der Waals surface area contributed by atoms with E-state index in [0.29, 0.717) is 5.02 Å². The van der Waals surface area contributed by atoms with Gasteiger partial charge in [-0.2, -0.15) is 0 Å². The molecule has 2 rings (SSSR count). The molecule has 0 aliphatic carbocycles. The smallest absolute Gasteiger partial charge is 0.355 e. The van der Waals surface area contributed by atoms with E-state index in [1.165, 1.54) is 18.3 Å². The molecule has 3 N–H and O–H groups in total. The Bertz CT molecular complexity index is 810. The van der Waals surface area contributed by atoms with Crippen LogP contribution in [0, 0.1) is 11.6 Å². The fourth-order valence-corrected chi connectivity index (χ4v) is 1.87. The predicted octanol–water partition coefficient (Wildman–Crippen LogP) is 1.86. The number of hydrogen-bond acceptors (Lipinski definition) is 4. The number of aromatic amines is 1. The van der Waals surface area contributed by atoms with Crippen LogP contribution in [0.15, 0.2) is 30.5 Å². The summed E-state index contributed by atoms with van der Waals surface area (Å²) in [6.07, 6.45) is 1.38. The highest BCUT2D eigenvalue weighted by atomic mass is 35.5. The summed E-state index contributed by atoms with van der Waals surface area (Å²) in [6.45, 7) is -1.04. The van der Waals surface area contributed by atoms with E-state index < -0.39 is 42.6 Å². The molecule has 0 saturated carbocycles. The molecule has 2 amide bonds. The molecule has 0 aliphatic heterocycles. The number of amides is 2. The minimum Gasteiger partial charge on any atom is -0.451 e. The Kier molecular flexibility index (Phi) is 6.07. The number of nitrogens with one attached hydrogen (secondary N) is 3. The second-order valence-electron chi connectivity index (χ2n) is 4.76. The summed E-state index contributed by atoms with van der Waals surface area (Å²) in [5.74, 6) is -4.32. The molecule has 1 aromatic carbocycles. The number of ether oxygens (including phenoxy) is 1. The molecule has 0 atom stereocenters. The highest BCUT2D eigenvalue weighted by molar-refractivity contribution is 6.30. The van der Waals surface area contributed by atoms with Crippen molar-refractivity contribution < 1.29 is 27.9 Å². The number of H-pyrrole nitrogens is 1. The van der Waals surface area contributed by atoms with Crippen molar-refractivity contribution in [1.29, 1.82) is 0 Å². The van der Waals surface area contributed by atoms with Crippen molar-refractivity contribution in [3.63, 3.8) is 0 Å². The molecule has 132 valence electrons. The van der Waals surface area contributed by atoms with Gasteiger partial charge in [-0.3, -0.25) is 9.59 Å². The van der Waals surface area contributed by atoms with Gasteiger partial charge in [0.15, 0.2) is 18.2 Å². The topological polar surface area (TPSA) is 100 Å².